The van der Waals surface area contributed by atoms with E-state index >= 15 is 0 Å². The van der Waals surface area contributed by atoms with E-state index in [0.29, 0.717) is 5.92 Å². The van der Waals surface area contributed by atoms with Gasteiger partial charge in [0, 0.05) is 13.1 Å². The van der Waals surface area contributed by atoms with Crippen LogP contribution in [0.2, 0.25) is 0 Å². The summed E-state index contributed by atoms with van der Waals surface area (Å²) >= 11 is 5.43. The number of thiophene rings is 1. The van der Waals surface area contributed by atoms with E-state index < -0.39 is 0 Å². The standard InChI is InChI=1S/C9H12BrNS/c1-6-3-11(2)4-7-5-12-9(10)8(6)7/h5-6H,3-4H2,1-2H3. The van der Waals surface area contributed by atoms with Crippen molar-refractivity contribution in [3.05, 3.63) is 20.3 Å². The van der Waals surface area contributed by atoms with Crippen molar-refractivity contribution < 1.29 is 0 Å². The van der Waals surface area contributed by atoms with Crippen LogP contribution in [0.25, 0.3) is 0 Å². The summed E-state index contributed by atoms with van der Waals surface area (Å²) in [7, 11) is 2.19. The van der Waals surface area contributed by atoms with Crippen molar-refractivity contribution in [3.63, 3.8) is 0 Å². The van der Waals surface area contributed by atoms with Crippen LogP contribution in [-0.2, 0) is 6.54 Å². The van der Waals surface area contributed by atoms with Gasteiger partial charge in [0.25, 0.3) is 0 Å². The third kappa shape index (κ3) is 1.34. The molecule has 0 saturated heterocycles. The van der Waals surface area contributed by atoms with Crippen LogP contribution in [0.1, 0.15) is 24.0 Å². The van der Waals surface area contributed by atoms with E-state index in [0.717, 1.165) is 6.54 Å². The monoisotopic (exact) mass is 245 g/mol. The Bertz CT molecular complexity index is 295. The van der Waals surface area contributed by atoms with E-state index in [1.807, 2.05) is 11.3 Å². The van der Waals surface area contributed by atoms with Gasteiger partial charge in [-0.15, -0.1) is 11.3 Å². The fourth-order valence-electron chi connectivity index (χ4n) is 1.92. The first-order valence-corrected chi connectivity index (χ1v) is 5.80. The highest BCUT2D eigenvalue weighted by atomic mass is 79.9. The predicted octanol–water partition coefficient (Wildman–Crippen LogP) is 3.06. The van der Waals surface area contributed by atoms with Crippen molar-refractivity contribution in [3.8, 4) is 0 Å². The zero-order valence-corrected chi connectivity index (χ0v) is 9.70. The maximum absolute atomic E-state index is 3.61. The molecule has 0 N–H and O–H groups in total. The minimum Gasteiger partial charge on any atom is -0.301 e. The molecule has 12 heavy (non-hydrogen) atoms. The maximum Gasteiger partial charge on any atom is 0.0736 e. The third-order valence-electron chi connectivity index (χ3n) is 2.38. The van der Waals surface area contributed by atoms with Crippen LogP contribution in [0.15, 0.2) is 9.17 Å². The summed E-state index contributed by atoms with van der Waals surface area (Å²) in [6.07, 6.45) is 0. The molecule has 2 heterocycles. The summed E-state index contributed by atoms with van der Waals surface area (Å²) in [5, 5.41) is 2.27. The van der Waals surface area contributed by atoms with Crippen LogP contribution < -0.4 is 0 Å². The molecule has 1 aromatic heterocycles. The van der Waals surface area contributed by atoms with Gasteiger partial charge in [0.15, 0.2) is 0 Å². The Labute approximate surface area is 85.5 Å². The molecule has 1 nitrogen and oxygen atoms in total. The first kappa shape index (κ1) is 8.73. The topological polar surface area (TPSA) is 3.24 Å². The van der Waals surface area contributed by atoms with Crippen LogP contribution >= 0.6 is 27.3 Å². The second kappa shape index (κ2) is 3.13. The second-order valence-electron chi connectivity index (χ2n) is 3.55. The molecule has 0 saturated carbocycles. The van der Waals surface area contributed by atoms with Crippen LogP contribution in [0.5, 0.6) is 0 Å². The number of rotatable bonds is 0. The lowest BCUT2D eigenvalue weighted by atomic mass is 9.96. The number of likely N-dealkylation sites (N-methyl/N-ethyl adjacent to an activating group) is 1. The number of halogens is 1. The smallest absolute Gasteiger partial charge is 0.0736 e. The zero-order chi connectivity index (χ0) is 8.72. The van der Waals surface area contributed by atoms with Crippen molar-refractivity contribution in [1.29, 1.82) is 0 Å². The molecule has 1 aromatic rings. The Hall–Kier alpha value is 0.140. The van der Waals surface area contributed by atoms with E-state index in [1.165, 1.54) is 21.5 Å². The van der Waals surface area contributed by atoms with Gasteiger partial charge < -0.3 is 4.90 Å². The van der Waals surface area contributed by atoms with Crippen molar-refractivity contribution in [2.75, 3.05) is 13.6 Å². The van der Waals surface area contributed by atoms with Gasteiger partial charge in [-0.25, -0.2) is 0 Å². The lowest BCUT2D eigenvalue weighted by Crippen LogP contribution is -2.28. The summed E-state index contributed by atoms with van der Waals surface area (Å²) < 4.78 is 1.33. The first-order chi connectivity index (χ1) is 5.68. The second-order valence-corrected chi connectivity index (χ2v) is 5.74. The molecule has 1 unspecified atom stereocenters. The molecule has 1 aliphatic rings. The lowest BCUT2D eigenvalue weighted by Gasteiger charge is -2.28. The van der Waals surface area contributed by atoms with Crippen molar-refractivity contribution in [2.24, 2.45) is 0 Å². The molecule has 0 radical (unpaired) electrons. The van der Waals surface area contributed by atoms with E-state index in [-0.39, 0.29) is 0 Å². The number of nitrogens with zero attached hydrogens (tertiary/aromatic N) is 1. The number of fused-ring (bicyclic) bond motifs is 1. The molecule has 0 fully saturated rings. The SMILES string of the molecule is CC1CN(C)Cc2csc(Br)c21. The van der Waals surface area contributed by atoms with Gasteiger partial charge in [0.2, 0.25) is 0 Å². The molecular formula is C9H12BrNS. The minimum atomic E-state index is 0.680. The Morgan fingerprint density at radius 3 is 3.17 bits per heavy atom. The average molecular weight is 246 g/mol. The Morgan fingerprint density at radius 2 is 2.42 bits per heavy atom. The van der Waals surface area contributed by atoms with Gasteiger partial charge >= 0.3 is 0 Å². The quantitative estimate of drug-likeness (QED) is 0.680. The lowest BCUT2D eigenvalue weighted by molar-refractivity contribution is 0.289. The van der Waals surface area contributed by atoms with Gasteiger partial charge in [-0.05, 0) is 45.4 Å². The van der Waals surface area contributed by atoms with Gasteiger partial charge in [0.05, 0.1) is 3.79 Å². The molecule has 2 rings (SSSR count). The molecule has 66 valence electrons. The molecule has 0 aromatic carbocycles. The molecule has 0 spiro atoms. The highest BCUT2D eigenvalue weighted by molar-refractivity contribution is 9.11. The van der Waals surface area contributed by atoms with E-state index in [1.54, 1.807) is 0 Å². The van der Waals surface area contributed by atoms with Gasteiger partial charge in [-0.1, -0.05) is 6.92 Å². The Kier molecular flexibility index (Phi) is 2.27. The van der Waals surface area contributed by atoms with Crippen LogP contribution in [0.3, 0.4) is 0 Å². The fraction of sp³-hybridized carbons (Fsp3) is 0.556. The van der Waals surface area contributed by atoms with Gasteiger partial charge in [-0.2, -0.15) is 0 Å². The zero-order valence-electron chi connectivity index (χ0n) is 7.30. The van der Waals surface area contributed by atoms with Crippen molar-refractivity contribution >= 4 is 27.3 Å². The average Bonchev–Trinajstić information content (AvgIpc) is 2.31. The molecule has 0 amide bonds. The Morgan fingerprint density at radius 1 is 1.67 bits per heavy atom. The van der Waals surface area contributed by atoms with Crippen molar-refractivity contribution in [2.45, 2.75) is 19.4 Å². The maximum atomic E-state index is 3.61. The predicted molar refractivity (Wildman–Crippen MR) is 56.8 cm³/mol. The molecule has 1 atom stereocenters. The molecule has 0 bridgehead atoms. The molecule has 0 aliphatic carbocycles. The fourth-order valence-corrected chi connectivity index (χ4v) is 3.76. The van der Waals surface area contributed by atoms with E-state index in [4.69, 9.17) is 0 Å². The summed E-state index contributed by atoms with van der Waals surface area (Å²) in [6.45, 7) is 4.59. The highest BCUT2D eigenvalue weighted by Crippen LogP contribution is 2.37. The molecule has 3 heteroatoms. The van der Waals surface area contributed by atoms with Crippen LogP contribution in [0.4, 0.5) is 0 Å². The highest BCUT2D eigenvalue weighted by Gasteiger charge is 2.23. The van der Waals surface area contributed by atoms with Gasteiger partial charge in [-0.3, -0.25) is 0 Å². The largest absolute Gasteiger partial charge is 0.301 e. The van der Waals surface area contributed by atoms with Crippen LogP contribution in [0, 0.1) is 0 Å². The van der Waals surface area contributed by atoms with Gasteiger partial charge in [0.1, 0.15) is 0 Å². The normalized spacial score (nSPS) is 24.1. The Balaban J connectivity index is 2.43. The third-order valence-corrected chi connectivity index (χ3v) is 4.20. The number of hydrogen-bond acceptors (Lipinski definition) is 2. The summed E-state index contributed by atoms with van der Waals surface area (Å²) in [5.41, 5.74) is 3.05. The summed E-state index contributed by atoms with van der Waals surface area (Å²) in [6, 6.07) is 0. The molecular weight excluding hydrogens is 234 g/mol. The van der Waals surface area contributed by atoms with E-state index in [2.05, 4.69) is 40.2 Å². The summed E-state index contributed by atoms with van der Waals surface area (Å²) in [5.74, 6) is 0.680. The number of hydrogen-bond donors (Lipinski definition) is 0. The van der Waals surface area contributed by atoms with Crippen molar-refractivity contribution in [1.82, 2.24) is 4.90 Å². The van der Waals surface area contributed by atoms with Crippen LogP contribution in [-0.4, -0.2) is 18.5 Å². The van der Waals surface area contributed by atoms with E-state index in [9.17, 15) is 0 Å². The minimum absolute atomic E-state index is 0.680. The molecule has 1 aliphatic heterocycles. The summed E-state index contributed by atoms with van der Waals surface area (Å²) in [4.78, 5) is 2.38. The first-order valence-electron chi connectivity index (χ1n) is 4.12.